The number of carbonyl (C=O) groups excluding carboxylic acids is 1. The van der Waals surface area contributed by atoms with Gasteiger partial charge in [-0.15, -0.1) is 0 Å². The summed E-state index contributed by atoms with van der Waals surface area (Å²) in [6, 6.07) is 0.343. The van der Waals surface area contributed by atoms with Crippen LogP contribution in [0.25, 0.3) is 0 Å². The summed E-state index contributed by atoms with van der Waals surface area (Å²) < 4.78 is 23.8. The Morgan fingerprint density at radius 2 is 1.94 bits per heavy atom. The fraction of sp³-hybridized carbons (Fsp3) is 0.909. The summed E-state index contributed by atoms with van der Waals surface area (Å²) in [7, 11) is -1.54. The third kappa shape index (κ3) is 5.04. The largest absolute Gasteiger partial charge is 0.352 e. The molecule has 2 atom stereocenters. The Hall–Kier alpha value is -0.620. The zero-order valence-electron chi connectivity index (χ0n) is 10.7. The highest BCUT2D eigenvalue weighted by Crippen LogP contribution is 2.18. The van der Waals surface area contributed by atoms with Crippen LogP contribution in [0.4, 0.5) is 0 Å². The van der Waals surface area contributed by atoms with E-state index in [2.05, 4.69) is 10.6 Å². The molecule has 1 aliphatic carbocycles. The zero-order valence-corrected chi connectivity index (χ0v) is 11.5. The van der Waals surface area contributed by atoms with Crippen LogP contribution in [0.15, 0.2) is 0 Å². The van der Waals surface area contributed by atoms with Gasteiger partial charge < -0.3 is 10.6 Å². The van der Waals surface area contributed by atoms with Gasteiger partial charge in [-0.05, 0) is 40.2 Å². The number of amides is 1. The van der Waals surface area contributed by atoms with Crippen LogP contribution in [0.1, 0.15) is 33.1 Å². The van der Waals surface area contributed by atoms with Crippen molar-refractivity contribution in [1.82, 2.24) is 10.6 Å². The molecule has 1 rings (SSSR count). The van der Waals surface area contributed by atoms with E-state index < -0.39 is 15.1 Å². The number of hydrogen-bond donors (Lipinski definition) is 2. The highest BCUT2D eigenvalue weighted by Gasteiger charge is 2.29. The maximum atomic E-state index is 11.9. The summed E-state index contributed by atoms with van der Waals surface area (Å²) in [6.45, 7) is 3.59. The van der Waals surface area contributed by atoms with Crippen LogP contribution in [0.5, 0.6) is 0 Å². The maximum Gasteiger partial charge on any atom is 0.235 e. The maximum absolute atomic E-state index is 11.9. The lowest BCUT2D eigenvalue weighted by molar-refractivity contribution is -0.118. The van der Waals surface area contributed by atoms with Gasteiger partial charge in [0.25, 0.3) is 0 Å². The molecule has 1 fully saturated rings. The summed E-state index contributed by atoms with van der Waals surface area (Å²) in [5.74, 6) is -0.752. The molecule has 1 aliphatic rings. The summed E-state index contributed by atoms with van der Waals surface area (Å²) >= 11 is 0. The lowest BCUT2D eigenvalue weighted by atomic mass is 10.2. The fourth-order valence-electron chi connectivity index (χ4n) is 1.58. The van der Waals surface area contributed by atoms with Crippen molar-refractivity contribution in [3.8, 4) is 0 Å². The van der Waals surface area contributed by atoms with Gasteiger partial charge in [0.15, 0.2) is 9.84 Å². The highest BCUT2D eigenvalue weighted by molar-refractivity contribution is 7.92. The second-order valence-electron chi connectivity index (χ2n) is 4.89. The summed E-state index contributed by atoms with van der Waals surface area (Å²) in [4.78, 5) is 11.5. The molecule has 0 bridgehead atoms. The molecule has 0 aromatic rings. The smallest absolute Gasteiger partial charge is 0.235 e. The molecular weight excluding hydrogens is 240 g/mol. The predicted octanol–water partition coefficient (Wildman–Crippen LogP) is 0.0663. The van der Waals surface area contributed by atoms with Crippen molar-refractivity contribution in [2.75, 3.05) is 12.8 Å². The molecule has 1 saturated carbocycles. The van der Waals surface area contributed by atoms with Crippen molar-refractivity contribution in [3.05, 3.63) is 0 Å². The summed E-state index contributed by atoms with van der Waals surface area (Å²) in [5, 5.41) is 5.21. The molecule has 0 saturated heterocycles. The minimum Gasteiger partial charge on any atom is -0.352 e. The monoisotopic (exact) mass is 262 g/mol. The number of nitrogens with one attached hydrogen (secondary N) is 2. The molecule has 100 valence electrons. The van der Waals surface area contributed by atoms with Gasteiger partial charge in [0.1, 0.15) is 5.75 Å². The highest BCUT2D eigenvalue weighted by atomic mass is 32.2. The molecule has 0 radical (unpaired) electrons. The number of sulfone groups is 1. The van der Waals surface area contributed by atoms with Crippen molar-refractivity contribution in [3.63, 3.8) is 0 Å². The average molecular weight is 262 g/mol. The first-order valence-corrected chi connectivity index (χ1v) is 7.75. The van der Waals surface area contributed by atoms with E-state index in [1.807, 2.05) is 6.92 Å². The van der Waals surface area contributed by atoms with Crippen LogP contribution in [-0.4, -0.2) is 44.5 Å². The molecule has 0 aromatic heterocycles. The topological polar surface area (TPSA) is 75.3 Å². The third-order valence-electron chi connectivity index (χ3n) is 3.07. The minimum atomic E-state index is -3.33. The molecule has 2 unspecified atom stereocenters. The van der Waals surface area contributed by atoms with Gasteiger partial charge in [-0.1, -0.05) is 0 Å². The Bertz CT molecular complexity index is 363. The summed E-state index contributed by atoms with van der Waals surface area (Å²) in [6.07, 6.45) is 2.46. The lowest BCUT2D eigenvalue weighted by Crippen LogP contribution is -2.37. The Balaban J connectivity index is 2.45. The first kappa shape index (κ1) is 14.4. The second kappa shape index (κ2) is 5.82. The number of hydrogen-bond acceptors (Lipinski definition) is 4. The van der Waals surface area contributed by atoms with E-state index >= 15 is 0 Å². The van der Waals surface area contributed by atoms with Gasteiger partial charge in [-0.25, -0.2) is 8.42 Å². The van der Waals surface area contributed by atoms with E-state index in [0.717, 1.165) is 12.8 Å². The van der Waals surface area contributed by atoms with Crippen LogP contribution in [-0.2, 0) is 14.6 Å². The molecule has 2 N–H and O–H groups in total. The van der Waals surface area contributed by atoms with Crippen LogP contribution in [0.2, 0.25) is 0 Å². The minimum absolute atomic E-state index is 0.131. The van der Waals surface area contributed by atoms with Gasteiger partial charge in [-0.3, -0.25) is 4.79 Å². The van der Waals surface area contributed by atoms with E-state index in [0.29, 0.717) is 6.42 Å². The first-order valence-electron chi connectivity index (χ1n) is 6.03. The molecule has 17 heavy (non-hydrogen) atoms. The molecule has 0 aliphatic heterocycles. The third-order valence-corrected chi connectivity index (χ3v) is 5.15. The predicted molar refractivity (Wildman–Crippen MR) is 67.6 cm³/mol. The van der Waals surface area contributed by atoms with Crippen molar-refractivity contribution in [2.45, 2.75) is 50.4 Å². The molecule has 0 spiro atoms. The standard InChI is InChI=1S/C11H22N2O3S/c1-8(12-3)6-9(2)17(15,16)7-11(14)13-10-4-5-10/h8-10,12H,4-7H2,1-3H3,(H,13,14). The van der Waals surface area contributed by atoms with Crippen molar-refractivity contribution in [1.29, 1.82) is 0 Å². The Kier molecular flexibility index (Phi) is 4.94. The van der Waals surface area contributed by atoms with E-state index in [-0.39, 0.29) is 23.7 Å². The van der Waals surface area contributed by atoms with Gasteiger partial charge in [0.05, 0.1) is 5.25 Å². The second-order valence-corrected chi connectivity index (χ2v) is 7.30. The Labute approximate surface area is 103 Å². The Morgan fingerprint density at radius 3 is 2.41 bits per heavy atom. The van der Waals surface area contributed by atoms with Gasteiger partial charge in [0.2, 0.25) is 5.91 Å². The zero-order chi connectivity index (χ0) is 13.1. The Morgan fingerprint density at radius 1 is 1.35 bits per heavy atom. The van der Waals surface area contributed by atoms with Gasteiger partial charge in [-0.2, -0.15) is 0 Å². The molecule has 0 heterocycles. The van der Waals surface area contributed by atoms with Crippen LogP contribution in [0.3, 0.4) is 0 Å². The first-order chi connectivity index (χ1) is 7.85. The average Bonchev–Trinajstić information content (AvgIpc) is 3.00. The lowest BCUT2D eigenvalue weighted by Gasteiger charge is -2.17. The van der Waals surface area contributed by atoms with Crippen LogP contribution in [0, 0.1) is 0 Å². The molecular formula is C11H22N2O3S. The van der Waals surface area contributed by atoms with E-state index in [1.165, 1.54) is 0 Å². The van der Waals surface area contributed by atoms with E-state index in [9.17, 15) is 13.2 Å². The molecule has 0 aromatic carbocycles. The van der Waals surface area contributed by atoms with E-state index in [1.54, 1.807) is 14.0 Å². The molecule has 1 amide bonds. The van der Waals surface area contributed by atoms with Crippen molar-refractivity contribution in [2.24, 2.45) is 0 Å². The molecule has 5 nitrogen and oxygen atoms in total. The number of rotatable bonds is 7. The van der Waals surface area contributed by atoms with Crippen molar-refractivity contribution < 1.29 is 13.2 Å². The van der Waals surface area contributed by atoms with Crippen LogP contribution < -0.4 is 10.6 Å². The van der Waals surface area contributed by atoms with Crippen molar-refractivity contribution >= 4 is 15.7 Å². The van der Waals surface area contributed by atoms with E-state index in [4.69, 9.17) is 0 Å². The van der Waals surface area contributed by atoms with Crippen LogP contribution >= 0.6 is 0 Å². The summed E-state index contributed by atoms with van der Waals surface area (Å²) in [5.41, 5.74) is 0. The normalized spacial score (nSPS) is 19.7. The molecule has 6 heteroatoms. The number of carbonyl (C=O) groups is 1. The van der Waals surface area contributed by atoms with Gasteiger partial charge in [0, 0.05) is 12.1 Å². The SMILES string of the molecule is CNC(C)CC(C)S(=O)(=O)CC(=O)NC1CC1. The van der Waals surface area contributed by atoms with Gasteiger partial charge >= 0.3 is 0 Å². The fourth-order valence-corrected chi connectivity index (χ4v) is 2.90. The quantitative estimate of drug-likeness (QED) is 0.680.